The summed E-state index contributed by atoms with van der Waals surface area (Å²) >= 11 is 5.61. The third kappa shape index (κ3) is 3.49. The molecule has 3 rings (SSSR count). The highest BCUT2D eigenvalue weighted by molar-refractivity contribution is 9.10. The molecule has 3 atom stereocenters. The Hall–Kier alpha value is -0.450. The summed E-state index contributed by atoms with van der Waals surface area (Å²) in [6.07, 6.45) is 3.97. The van der Waals surface area contributed by atoms with Gasteiger partial charge in [-0.05, 0) is 49.8 Å². The highest BCUT2D eigenvalue weighted by Gasteiger charge is 2.28. The van der Waals surface area contributed by atoms with Gasteiger partial charge in [-0.3, -0.25) is 0 Å². The maximum absolute atomic E-state index is 6.00. The van der Waals surface area contributed by atoms with Gasteiger partial charge in [-0.15, -0.1) is 0 Å². The van der Waals surface area contributed by atoms with Crippen LogP contribution in [0.15, 0.2) is 33.2 Å². The van der Waals surface area contributed by atoms with E-state index in [4.69, 9.17) is 4.42 Å². The van der Waals surface area contributed by atoms with Crippen LogP contribution in [0.2, 0.25) is 0 Å². The van der Waals surface area contributed by atoms with Crippen LogP contribution in [0.1, 0.15) is 44.9 Å². The van der Waals surface area contributed by atoms with Gasteiger partial charge in [0.2, 0.25) is 0 Å². The summed E-state index contributed by atoms with van der Waals surface area (Å²) < 4.78 is 7.10. The Bertz CT molecular complexity index is 612. The molecule has 114 valence electrons. The van der Waals surface area contributed by atoms with Crippen LogP contribution in [0, 0.1) is 0 Å². The topological polar surface area (TPSA) is 25.2 Å². The SMILES string of the molecule is CCSC1CCCC1NC(C)c1cc2cc(Br)ccc2o1. The molecule has 1 aromatic heterocycles. The lowest BCUT2D eigenvalue weighted by molar-refractivity contribution is 0.405. The zero-order chi connectivity index (χ0) is 14.8. The van der Waals surface area contributed by atoms with Crippen molar-refractivity contribution in [2.24, 2.45) is 0 Å². The molecule has 1 aromatic carbocycles. The van der Waals surface area contributed by atoms with Gasteiger partial charge < -0.3 is 9.73 Å². The predicted molar refractivity (Wildman–Crippen MR) is 95.0 cm³/mol. The predicted octanol–water partition coefficient (Wildman–Crippen LogP) is 5.52. The Labute approximate surface area is 139 Å². The quantitative estimate of drug-likeness (QED) is 0.752. The van der Waals surface area contributed by atoms with Crippen LogP contribution in [0.3, 0.4) is 0 Å². The minimum absolute atomic E-state index is 0.263. The first-order valence-electron chi connectivity index (χ1n) is 7.74. The molecule has 0 radical (unpaired) electrons. The second-order valence-corrected chi connectivity index (χ2v) is 8.18. The van der Waals surface area contributed by atoms with Gasteiger partial charge in [-0.1, -0.05) is 29.3 Å². The number of thioether (sulfide) groups is 1. The van der Waals surface area contributed by atoms with Gasteiger partial charge in [0, 0.05) is 21.2 Å². The van der Waals surface area contributed by atoms with Crippen molar-refractivity contribution >= 4 is 38.7 Å². The Morgan fingerprint density at radius 3 is 3.05 bits per heavy atom. The van der Waals surface area contributed by atoms with Gasteiger partial charge in [-0.2, -0.15) is 11.8 Å². The van der Waals surface area contributed by atoms with Crippen molar-refractivity contribution in [1.29, 1.82) is 0 Å². The van der Waals surface area contributed by atoms with Crippen molar-refractivity contribution in [2.75, 3.05) is 5.75 Å². The van der Waals surface area contributed by atoms with Crippen molar-refractivity contribution in [2.45, 2.75) is 50.4 Å². The van der Waals surface area contributed by atoms with Gasteiger partial charge >= 0.3 is 0 Å². The average Bonchev–Trinajstić information content (AvgIpc) is 3.06. The summed E-state index contributed by atoms with van der Waals surface area (Å²) in [5, 5.41) is 5.71. The second-order valence-electron chi connectivity index (χ2n) is 5.75. The van der Waals surface area contributed by atoms with Gasteiger partial charge in [-0.25, -0.2) is 0 Å². The van der Waals surface area contributed by atoms with Crippen LogP contribution in [0.4, 0.5) is 0 Å². The number of fused-ring (bicyclic) bond motifs is 1. The van der Waals surface area contributed by atoms with Crippen molar-refractivity contribution < 1.29 is 4.42 Å². The molecule has 0 aliphatic heterocycles. The normalized spacial score (nSPS) is 23.8. The van der Waals surface area contributed by atoms with E-state index in [9.17, 15) is 0 Å². The molecule has 1 aliphatic rings. The van der Waals surface area contributed by atoms with Crippen LogP contribution in [-0.2, 0) is 0 Å². The number of hydrogen-bond donors (Lipinski definition) is 1. The van der Waals surface area contributed by atoms with Crippen molar-refractivity contribution in [1.82, 2.24) is 5.32 Å². The van der Waals surface area contributed by atoms with E-state index in [-0.39, 0.29) is 6.04 Å². The molecule has 2 nitrogen and oxygen atoms in total. The number of halogens is 1. The minimum atomic E-state index is 0.263. The molecule has 4 heteroatoms. The standard InChI is InChI=1S/C17H22BrNOS/c1-3-21-17-6-4-5-14(17)19-11(2)16-10-12-9-13(18)7-8-15(12)20-16/h7-11,14,17,19H,3-6H2,1-2H3. The molecule has 0 spiro atoms. The Balaban J connectivity index is 1.72. The molecule has 0 saturated heterocycles. The summed E-state index contributed by atoms with van der Waals surface area (Å²) in [4.78, 5) is 0. The van der Waals surface area contributed by atoms with E-state index in [2.05, 4.69) is 59.0 Å². The summed E-state index contributed by atoms with van der Waals surface area (Å²) in [6.45, 7) is 4.46. The van der Waals surface area contributed by atoms with E-state index in [1.54, 1.807) is 0 Å². The summed E-state index contributed by atoms with van der Waals surface area (Å²) in [7, 11) is 0. The van der Waals surface area contributed by atoms with E-state index in [0.717, 1.165) is 21.1 Å². The molecule has 0 amide bonds. The summed E-state index contributed by atoms with van der Waals surface area (Å²) in [5.41, 5.74) is 0.966. The lowest BCUT2D eigenvalue weighted by Crippen LogP contribution is -2.35. The zero-order valence-corrected chi connectivity index (χ0v) is 15.0. The number of furan rings is 1. The molecule has 1 fully saturated rings. The smallest absolute Gasteiger partial charge is 0.134 e. The first kappa shape index (κ1) is 15.4. The molecule has 1 saturated carbocycles. The average molecular weight is 368 g/mol. The van der Waals surface area contributed by atoms with E-state index in [1.165, 1.54) is 30.4 Å². The number of rotatable bonds is 5. The number of hydrogen-bond acceptors (Lipinski definition) is 3. The van der Waals surface area contributed by atoms with Crippen LogP contribution >= 0.6 is 27.7 Å². The van der Waals surface area contributed by atoms with Crippen molar-refractivity contribution in [3.63, 3.8) is 0 Å². The Kier molecular flexibility index (Phi) is 4.97. The summed E-state index contributed by atoms with van der Waals surface area (Å²) in [5.74, 6) is 2.24. The molecule has 21 heavy (non-hydrogen) atoms. The maximum Gasteiger partial charge on any atom is 0.134 e. The highest BCUT2D eigenvalue weighted by Crippen LogP contribution is 2.32. The van der Waals surface area contributed by atoms with E-state index < -0.39 is 0 Å². The zero-order valence-electron chi connectivity index (χ0n) is 12.6. The van der Waals surface area contributed by atoms with Crippen molar-refractivity contribution in [3.05, 3.63) is 34.5 Å². The molecule has 1 aliphatic carbocycles. The van der Waals surface area contributed by atoms with Crippen molar-refractivity contribution in [3.8, 4) is 0 Å². The van der Waals surface area contributed by atoms with Crippen LogP contribution in [0.5, 0.6) is 0 Å². The monoisotopic (exact) mass is 367 g/mol. The van der Waals surface area contributed by atoms with Crippen LogP contribution < -0.4 is 5.32 Å². The van der Waals surface area contributed by atoms with Crippen LogP contribution in [-0.4, -0.2) is 17.0 Å². The second kappa shape index (κ2) is 6.76. The third-order valence-electron chi connectivity index (χ3n) is 4.22. The first-order chi connectivity index (χ1) is 10.2. The van der Waals surface area contributed by atoms with Gasteiger partial charge in [0.1, 0.15) is 11.3 Å². The van der Waals surface area contributed by atoms with E-state index in [0.29, 0.717) is 6.04 Å². The molecular formula is C17H22BrNOS. The molecule has 2 aromatic rings. The lowest BCUT2D eigenvalue weighted by atomic mass is 10.1. The summed E-state index contributed by atoms with van der Waals surface area (Å²) in [6, 6.07) is 9.21. The van der Waals surface area contributed by atoms with Gasteiger partial charge in [0.25, 0.3) is 0 Å². The van der Waals surface area contributed by atoms with E-state index >= 15 is 0 Å². The lowest BCUT2D eigenvalue weighted by Gasteiger charge is -2.23. The first-order valence-corrected chi connectivity index (χ1v) is 9.58. The van der Waals surface area contributed by atoms with Crippen LogP contribution in [0.25, 0.3) is 11.0 Å². The molecular weight excluding hydrogens is 346 g/mol. The molecule has 1 N–H and O–H groups in total. The number of benzene rings is 1. The largest absolute Gasteiger partial charge is 0.459 e. The fourth-order valence-corrected chi connectivity index (χ4v) is 4.77. The molecule has 3 unspecified atom stereocenters. The number of nitrogens with one attached hydrogen (secondary N) is 1. The molecule has 1 heterocycles. The van der Waals surface area contributed by atoms with Gasteiger partial charge in [0.15, 0.2) is 0 Å². The van der Waals surface area contributed by atoms with E-state index in [1.807, 2.05) is 12.1 Å². The highest BCUT2D eigenvalue weighted by atomic mass is 79.9. The maximum atomic E-state index is 6.00. The molecule has 0 bridgehead atoms. The third-order valence-corrected chi connectivity index (χ3v) is 6.04. The fraction of sp³-hybridized carbons (Fsp3) is 0.529. The van der Waals surface area contributed by atoms with Gasteiger partial charge in [0.05, 0.1) is 6.04 Å². The Morgan fingerprint density at radius 1 is 1.38 bits per heavy atom. The minimum Gasteiger partial charge on any atom is -0.459 e. The fourth-order valence-electron chi connectivity index (χ4n) is 3.18. The Morgan fingerprint density at radius 2 is 2.24 bits per heavy atom.